The first-order chi connectivity index (χ1) is 9.92. The Morgan fingerprint density at radius 1 is 1.14 bits per heavy atom. The number of hydrogen-bond donors (Lipinski definition) is 2. The van der Waals surface area contributed by atoms with E-state index in [-0.39, 0.29) is 15.6 Å². The highest BCUT2D eigenvalue weighted by atomic mass is 35.5. The van der Waals surface area contributed by atoms with E-state index in [0.29, 0.717) is 22.1 Å². The molecule has 0 aliphatic rings. The van der Waals surface area contributed by atoms with Crippen LogP contribution in [-0.2, 0) is 0 Å². The number of halogens is 3. The number of methoxy groups -OCH3 is 1. The lowest BCUT2D eigenvalue weighted by molar-refractivity contribution is 0.102. The standard InChI is InChI=1S/C14H11Cl3N2O2/c1-21-12-6-8(2-3-10(12)15)19-14(20)9-4-7(18)5-11(16)13(9)17/h2-6H,18H2,1H3,(H,19,20). The molecule has 0 atom stereocenters. The minimum Gasteiger partial charge on any atom is -0.495 e. The van der Waals surface area contributed by atoms with Crippen molar-refractivity contribution < 1.29 is 9.53 Å². The quantitative estimate of drug-likeness (QED) is 0.806. The van der Waals surface area contributed by atoms with Crippen LogP contribution >= 0.6 is 34.8 Å². The molecule has 2 aromatic rings. The summed E-state index contributed by atoms with van der Waals surface area (Å²) in [5.74, 6) is 0.0183. The SMILES string of the molecule is COc1cc(NC(=O)c2cc(N)cc(Cl)c2Cl)ccc1Cl. The molecule has 0 unspecified atom stereocenters. The van der Waals surface area contributed by atoms with Gasteiger partial charge in [0.1, 0.15) is 5.75 Å². The van der Waals surface area contributed by atoms with Gasteiger partial charge >= 0.3 is 0 Å². The molecule has 0 aliphatic carbocycles. The van der Waals surface area contributed by atoms with Crippen molar-refractivity contribution in [2.75, 3.05) is 18.2 Å². The highest BCUT2D eigenvalue weighted by Gasteiger charge is 2.15. The third kappa shape index (κ3) is 3.53. The fourth-order valence-corrected chi connectivity index (χ4v) is 2.33. The number of anilines is 2. The van der Waals surface area contributed by atoms with Crippen molar-refractivity contribution in [2.45, 2.75) is 0 Å². The molecule has 4 nitrogen and oxygen atoms in total. The van der Waals surface area contributed by atoms with Crippen LogP contribution in [0.25, 0.3) is 0 Å². The van der Waals surface area contributed by atoms with Gasteiger partial charge in [-0.05, 0) is 24.3 Å². The average molecular weight is 346 g/mol. The Kier molecular flexibility index (Phi) is 4.83. The zero-order valence-corrected chi connectivity index (χ0v) is 13.2. The Hall–Kier alpha value is -1.62. The van der Waals surface area contributed by atoms with E-state index in [1.54, 1.807) is 18.2 Å². The van der Waals surface area contributed by atoms with Crippen molar-refractivity contribution in [3.63, 3.8) is 0 Å². The van der Waals surface area contributed by atoms with E-state index < -0.39 is 5.91 Å². The molecular weight excluding hydrogens is 335 g/mol. The Labute approximate surface area is 136 Å². The summed E-state index contributed by atoms with van der Waals surface area (Å²) in [5.41, 5.74) is 6.72. The number of carbonyl (C=O) groups excluding carboxylic acids is 1. The fourth-order valence-electron chi connectivity index (χ4n) is 1.71. The Balaban J connectivity index is 2.30. The van der Waals surface area contributed by atoms with E-state index in [9.17, 15) is 4.79 Å². The van der Waals surface area contributed by atoms with Crippen LogP contribution in [0.5, 0.6) is 5.75 Å². The second-order valence-electron chi connectivity index (χ2n) is 4.17. The molecular formula is C14H11Cl3N2O2. The summed E-state index contributed by atoms with van der Waals surface area (Å²) in [7, 11) is 1.49. The van der Waals surface area contributed by atoms with E-state index >= 15 is 0 Å². The maximum Gasteiger partial charge on any atom is 0.257 e. The van der Waals surface area contributed by atoms with Crippen LogP contribution in [0.1, 0.15) is 10.4 Å². The van der Waals surface area contributed by atoms with Crippen LogP contribution in [0.15, 0.2) is 30.3 Å². The van der Waals surface area contributed by atoms with Crippen molar-refractivity contribution in [3.05, 3.63) is 51.0 Å². The maximum absolute atomic E-state index is 12.2. The summed E-state index contributed by atoms with van der Waals surface area (Å²) in [6.45, 7) is 0. The van der Waals surface area contributed by atoms with Crippen LogP contribution < -0.4 is 15.8 Å². The molecule has 2 aromatic carbocycles. The topological polar surface area (TPSA) is 64.3 Å². The van der Waals surface area contributed by atoms with Crippen molar-refractivity contribution >= 4 is 52.1 Å². The number of nitrogens with two attached hydrogens (primary N) is 1. The molecule has 0 saturated carbocycles. The van der Waals surface area contributed by atoms with Crippen LogP contribution in [0, 0.1) is 0 Å². The van der Waals surface area contributed by atoms with E-state index in [1.807, 2.05) is 0 Å². The highest BCUT2D eigenvalue weighted by molar-refractivity contribution is 6.44. The second-order valence-corrected chi connectivity index (χ2v) is 5.36. The smallest absolute Gasteiger partial charge is 0.257 e. The molecule has 21 heavy (non-hydrogen) atoms. The number of rotatable bonds is 3. The first-order valence-corrected chi connectivity index (χ1v) is 6.95. The van der Waals surface area contributed by atoms with Gasteiger partial charge in [-0.1, -0.05) is 34.8 Å². The minimum absolute atomic E-state index is 0.143. The lowest BCUT2D eigenvalue weighted by Crippen LogP contribution is -2.13. The summed E-state index contributed by atoms with van der Waals surface area (Å²) >= 11 is 17.8. The van der Waals surface area contributed by atoms with Gasteiger partial charge < -0.3 is 15.8 Å². The number of ether oxygens (including phenoxy) is 1. The summed E-state index contributed by atoms with van der Waals surface area (Å²) in [6.07, 6.45) is 0. The zero-order chi connectivity index (χ0) is 15.6. The first-order valence-electron chi connectivity index (χ1n) is 5.81. The molecule has 0 heterocycles. The molecule has 1 amide bonds. The van der Waals surface area contributed by atoms with Gasteiger partial charge in [0.05, 0.1) is 27.7 Å². The van der Waals surface area contributed by atoms with Crippen LogP contribution in [0.3, 0.4) is 0 Å². The van der Waals surface area contributed by atoms with Gasteiger partial charge in [-0.3, -0.25) is 4.79 Å². The number of carbonyl (C=O) groups is 1. The molecule has 0 aliphatic heterocycles. The predicted octanol–water partition coefficient (Wildman–Crippen LogP) is 4.49. The molecule has 0 bridgehead atoms. The van der Waals surface area contributed by atoms with E-state index in [0.717, 1.165) is 0 Å². The normalized spacial score (nSPS) is 10.3. The van der Waals surface area contributed by atoms with Gasteiger partial charge in [0.15, 0.2) is 0 Å². The number of nitrogens with one attached hydrogen (secondary N) is 1. The summed E-state index contributed by atoms with van der Waals surface area (Å²) in [4.78, 5) is 12.2. The van der Waals surface area contributed by atoms with Crippen LogP contribution in [0.4, 0.5) is 11.4 Å². The van der Waals surface area contributed by atoms with Gasteiger partial charge in [0, 0.05) is 17.4 Å². The largest absolute Gasteiger partial charge is 0.495 e. The van der Waals surface area contributed by atoms with Crippen molar-refractivity contribution in [2.24, 2.45) is 0 Å². The summed E-state index contributed by atoms with van der Waals surface area (Å²) < 4.78 is 5.08. The Morgan fingerprint density at radius 3 is 2.52 bits per heavy atom. The number of benzene rings is 2. The molecule has 110 valence electrons. The molecule has 3 N–H and O–H groups in total. The Bertz CT molecular complexity index is 705. The number of amides is 1. The molecule has 0 saturated heterocycles. The lowest BCUT2D eigenvalue weighted by Gasteiger charge is -2.10. The molecule has 0 aromatic heterocycles. The summed E-state index contributed by atoms with van der Waals surface area (Å²) in [6, 6.07) is 7.79. The van der Waals surface area contributed by atoms with Crippen molar-refractivity contribution in [3.8, 4) is 5.75 Å². The van der Waals surface area contributed by atoms with Crippen LogP contribution in [-0.4, -0.2) is 13.0 Å². The minimum atomic E-state index is -0.432. The maximum atomic E-state index is 12.2. The van der Waals surface area contributed by atoms with Crippen LogP contribution in [0.2, 0.25) is 15.1 Å². The molecule has 7 heteroatoms. The molecule has 0 fully saturated rings. The predicted molar refractivity (Wildman–Crippen MR) is 86.8 cm³/mol. The highest BCUT2D eigenvalue weighted by Crippen LogP contribution is 2.31. The lowest BCUT2D eigenvalue weighted by atomic mass is 10.1. The van der Waals surface area contributed by atoms with Gasteiger partial charge in [-0.2, -0.15) is 0 Å². The number of hydrogen-bond acceptors (Lipinski definition) is 3. The zero-order valence-electron chi connectivity index (χ0n) is 10.9. The van der Waals surface area contributed by atoms with Gasteiger partial charge in [-0.15, -0.1) is 0 Å². The van der Waals surface area contributed by atoms with E-state index in [1.165, 1.54) is 19.2 Å². The molecule has 0 radical (unpaired) electrons. The first kappa shape index (κ1) is 15.8. The Morgan fingerprint density at radius 2 is 1.86 bits per heavy atom. The third-order valence-electron chi connectivity index (χ3n) is 2.70. The van der Waals surface area contributed by atoms with E-state index in [4.69, 9.17) is 45.3 Å². The van der Waals surface area contributed by atoms with Gasteiger partial charge in [-0.25, -0.2) is 0 Å². The number of nitrogen functional groups attached to an aromatic ring is 1. The molecule has 2 rings (SSSR count). The van der Waals surface area contributed by atoms with Crippen molar-refractivity contribution in [1.82, 2.24) is 0 Å². The second kappa shape index (κ2) is 6.43. The monoisotopic (exact) mass is 344 g/mol. The fraction of sp³-hybridized carbons (Fsp3) is 0.0714. The third-order valence-corrected chi connectivity index (χ3v) is 3.82. The van der Waals surface area contributed by atoms with Gasteiger partial charge in [0.2, 0.25) is 0 Å². The molecule has 0 spiro atoms. The average Bonchev–Trinajstić information content (AvgIpc) is 2.44. The van der Waals surface area contributed by atoms with Gasteiger partial charge in [0.25, 0.3) is 5.91 Å². The van der Waals surface area contributed by atoms with E-state index in [2.05, 4.69) is 5.32 Å². The summed E-state index contributed by atoms with van der Waals surface area (Å²) in [5, 5.41) is 3.49. The van der Waals surface area contributed by atoms with Crippen molar-refractivity contribution in [1.29, 1.82) is 0 Å².